The van der Waals surface area contributed by atoms with Crippen molar-refractivity contribution in [2.45, 2.75) is 25.1 Å². The van der Waals surface area contributed by atoms with Gasteiger partial charge in [0.2, 0.25) is 11.8 Å². The van der Waals surface area contributed by atoms with Gasteiger partial charge in [-0.2, -0.15) is 13.2 Å². The largest absolute Gasteiger partial charge is 0.481 e. The van der Waals surface area contributed by atoms with Crippen molar-refractivity contribution in [3.63, 3.8) is 0 Å². The summed E-state index contributed by atoms with van der Waals surface area (Å²) in [4.78, 5) is 20.6. The SMILES string of the molecule is COc1cccc(C(C)NC(=O)C2CNCC2c2ccc(C(F)(F)F)nc2)n1. The van der Waals surface area contributed by atoms with Gasteiger partial charge >= 0.3 is 6.18 Å². The number of pyridine rings is 2. The maximum Gasteiger partial charge on any atom is 0.433 e. The maximum atomic E-state index is 12.8. The Morgan fingerprint density at radius 1 is 1.29 bits per heavy atom. The second kappa shape index (κ2) is 8.14. The Morgan fingerprint density at radius 2 is 2.07 bits per heavy atom. The van der Waals surface area contributed by atoms with Gasteiger partial charge < -0.3 is 15.4 Å². The Bertz CT molecular complexity index is 827. The highest BCUT2D eigenvalue weighted by atomic mass is 19.4. The van der Waals surface area contributed by atoms with Gasteiger partial charge in [0.15, 0.2) is 0 Å². The normalized spacial score (nSPS) is 20.6. The number of nitrogens with one attached hydrogen (secondary N) is 2. The van der Waals surface area contributed by atoms with Crippen LogP contribution < -0.4 is 15.4 Å². The molecule has 0 aliphatic carbocycles. The average molecular weight is 394 g/mol. The number of rotatable bonds is 5. The lowest BCUT2D eigenvalue weighted by Gasteiger charge is -2.21. The molecule has 2 N–H and O–H groups in total. The van der Waals surface area contributed by atoms with E-state index in [0.717, 1.165) is 6.07 Å². The van der Waals surface area contributed by atoms with Crippen LogP contribution in [-0.4, -0.2) is 36.1 Å². The molecule has 28 heavy (non-hydrogen) atoms. The van der Waals surface area contributed by atoms with E-state index in [1.165, 1.54) is 19.4 Å². The van der Waals surface area contributed by atoms with Crippen LogP contribution in [0.5, 0.6) is 5.88 Å². The number of carbonyl (C=O) groups excluding carboxylic acids is 1. The Labute approximate surface area is 160 Å². The van der Waals surface area contributed by atoms with Gasteiger partial charge in [-0.05, 0) is 24.6 Å². The zero-order valence-electron chi connectivity index (χ0n) is 15.5. The molecule has 2 aromatic heterocycles. The molecule has 1 saturated heterocycles. The maximum absolute atomic E-state index is 12.8. The fourth-order valence-corrected chi connectivity index (χ4v) is 3.28. The summed E-state index contributed by atoms with van der Waals surface area (Å²) in [7, 11) is 1.52. The van der Waals surface area contributed by atoms with Crippen molar-refractivity contribution in [1.29, 1.82) is 0 Å². The van der Waals surface area contributed by atoms with Crippen LogP contribution in [0.2, 0.25) is 0 Å². The van der Waals surface area contributed by atoms with Gasteiger partial charge in [-0.1, -0.05) is 12.1 Å². The van der Waals surface area contributed by atoms with Crippen molar-refractivity contribution < 1.29 is 22.7 Å². The van der Waals surface area contributed by atoms with Crippen molar-refractivity contribution in [3.05, 3.63) is 53.5 Å². The van der Waals surface area contributed by atoms with Crippen LogP contribution in [0.3, 0.4) is 0 Å². The molecule has 2 aromatic rings. The molecule has 1 aliphatic rings. The molecule has 0 bridgehead atoms. The molecule has 150 valence electrons. The first-order chi connectivity index (χ1) is 13.3. The molecule has 3 atom stereocenters. The second-order valence-corrected chi connectivity index (χ2v) is 6.68. The van der Waals surface area contributed by atoms with Gasteiger partial charge in [0, 0.05) is 31.3 Å². The Balaban J connectivity index is 1.70. The Morgan fingerprint density at radius 3 is 2.71 bits per heavy atom. The molecule has 3 heterocycles. The van der Waals surface area contributed by atoms with E-state index in [4.69, 9.17) is 4.74 Å². The third-order valence-corrected chi connectivity index (χ3v) is 4.81. The summed E-state index contributed by atoms with van der Waals surface area (Å²) < 4.78 is 43.2. The smallest absolute Gasteiger partial charge is 0.433 e. The lowest BCUT2D eigenvalue weighted by atomic mass is 9.89. The number of hydrogen-bond donors (Lipinski definition) is 2. The summed E-state index contributed by atoms with van der Waals surface area (Å²) in [5, 5.41) is 6.06. The minimum atomic E-state index is -4.48. The lowest BCUT2D eigenvalue weighted by Crippen LogP contribution is -2.36. The lowest BCUT2D eigenvalue weighted by molar-refractivity contribution is -0.141. The van der Waals surface area contributed by atoms with Crippen LogP contribution in [0.1, 0.15) is 35.8 Å². The van der Waals surface area contributed by atoms with Gasteiger partial charge in [0.25, 0.3) is 0 Å². The Hall–Kier alpha value is -2.68. The van der Waals surface area contributed by atoms with Crippen molar-refractivity contribution in [3.8, 4) is 5.88 Å². The number of alkyl halides is 3. The quantitative estimate of drug-likeness (QED) is 0.816. The molecule has 3 unspecified atom stereocenters. The minimum Gasteiger partial charge on any atom is -0.481 e. The zero-order chi connectivity index (χ0) is 20.3. The number of hydrogen-bond acceptors (Lipinski definition) is 5. The van der Waals surface area contributed by atoms with Gasteiger partial charge in [-0.25, -0.2) is 4.98 Å². The van der Waals surface area contributed by atoms with E-state index in [-0.39, 0.29) is 17.9 Å². The average Bonchev–Trinajstić information content (AvgIpc) is 3.17. The number of carbonyl (C=O) groups is 1. The van der Waals surface area contributed by atoms with E-state index in [1.807, 2.05) is 6.92 Å². The van der Waals surface area contributed by atoms with E-state index in [1.54, 1.807) is 18.2 Å². The summed E-state index contributed by atoms with van der Waals surface area (Å²) >= 11 is 0. The second-order valence-electron chi connectivity index (χ2n) is 6.68. The number of halogens is 3. The van der Waals surface area contributed by atoms with Crippen LogP contribution in [0, 0.1) is 5.92 Å². The standard InChI is InChI=1S/C19H21F3N4O2/c1-11(15-4-3-5-17(26-15)28-2)25-18(27)14-10-23-9-13(14)12-6-7-16(24-8-12)19(20,21)22/h3-8,11,13-14,23H,9-10H2,1-2H3,(H,25,27). The number of methoxy groups -OCH3 is 1. The highest BCUT2D eigenvalue weighted by Crippen LogP contribution is 2.32. The van der Waals surface area contributed by atoms with E-state index >= 15 is 0 Å². The summed E-state index contributed by atoms with van der Waals surface area (Å²) in [6.45, 7) is 2.75. The van der Waals surface area contributed by atoms with E-state index < -0.39 is 17.8 Å². The highest BCUT2D eigenvalue weighted by Gasteiger charge is 2.36. The molecule has 1 amide bonds. The van der Waals surface area contributed by atoms with Crippen molar-refractivity contribution in [1.82, 2.24) is 20.6 Å². The number of amides is 1. The fraction of sp³-hybridized carbons (Fsp3) is 0.421. The summed E-state index contributed by atoms with van der Waals surface area (Å²) in [6.07, 6.45) is -3.28. The molecule has 0 aromatic carbocycles. The first-order valence-electron chi connectivity index (χ1n) is 8.84. The predicted molar refractivity (Wildman–Crippen MR) is 95.7 cm³/mol. The molecule has 1 fully saturated rings. The van der Waals surface area contributed by atoms with Crippen LogP contribution in [-0.2, 0) is 11.0 Å². The molecule has 3 rings (SSSR count). The monoisotopic (exact) mass is 394 g/mol. The van der Waals surface area contributed by atoms with E-state index in [2.05, 4.69) is 20.6 Å². The molecule has 0 saturated carbocycles. The molecular weight excluding hydrogens is 373 g/mol. The molecule has 9 heteroatoms. The number of nitrogens with zero attached hydrogens (tertiary/aromatic N) is 2. The van der Waals surface area contributed by atoms with Crippen LogP contribution in [0.15, 0.2) is 36.5 Å². The number of ether oxygens (including phenoxy) is 1. The molecule has 1 aliphatic heterocycles. The number of aromatic nitrogens is 2. The predicted octanol–water partition coefficient (Wildman–Crippen LogP) is 2.68. The van der Waals surface area contributed by atoms with Crippen molar-refractivity contribution >= 4 is 5.91 Å². The summed E-state index contributed by atoms with van der Waals surface area (Å²) in [5.74, 6) is -0.395. The van der Waals surface area contributed by atoms with Gasteiger partial charge in [-0.3, -0.25) is 9.78 Å². The van der Waals surface area contributed by atoms with Gasteiger partial charge in [0.1, 0.15) is 5.69 Å². The van der Waals surface area contributed by atoms with Crippen LogP contribution in [0.25, 0.3) is 0 Å². The topological polar surface area (TPSA) is 76.1 Å². The third kappa shape index (κ3) is 4.41. The van der Waals surface area contributed by atoms with E-state index in [9.17, 15) is 18.0 Å². The highest BCUT2D eigenvalue weighted by molar-refractivity contribution is 5.80. The van der Waals surface area contributed by atoms with Gasteiger partial charge in [-0.15, -0.1) is 0 Å². The first-order valence-corrected chi connectivity index (χ1v) is 8.84. The van der Waals surface area contributed by atoms with Crippen molar-refractivity contribution in [2.24, 2.45) is 5.92 Å². The molecule has 6 nitrogen and oxygen atoms in total. The summed E-state index contributed by atoms with van der Waals surface area (Å²) in [6, 6.07) is 7.29. The molecule has 0 spiro atoms. The fourth-order valence-electron chi connectivity index (χ4n) is 3.28. The minimum absolute atomic E-state index is 0.188. The van der Waals surface area contributed by atoms with Gasteiger partial charge in [0.05, 0.1) is 24.8 Å². The van der Waals surface area contributed by atoms with Crippen LogP contribution in [0.4, 0.5) is 13.2 Å². The molecular formula is C19H21F3N4O2. The zero-order valence-corrected chi connectivity index (χ0v) is 15.5. The van der Waals surface area contributed by atoms with E-state index in [0.29, 0.717) is 30.2 Å². The summed E-state index contributed by atoms with van der Waals surface area (Å²) in [5.41, 5.74) is 0.317. The van der Waals surface area contributed by atoms with Crippen molar-refractivity contribution in [2.75, 3.05) is 20.2 Å². The Kier molecular flexibility index (Phi) is 5.83. The third-order valence-electron chi connectivity index (χ3n) is 4.81. The molecule has 0 radical (unpaired) electrons. The van der Waals surface area contributed by atoms with Crippen LogP contribution >= 0.6 is 0 Å². The first kappa shape index (κ1) is 20.1.